The van der Waals surface area contributed by atoms with Gasteiger partial charge in [-0.1, -0.05) is 6.07 Å². The summed E-state index contributed by atoms with van der Waals surface area (Å²) in [4.78, 5) is 4.31. The highest BCUT2D eigenvalue weighted by Gasteiger charge is 2.24. The molecule has 4 nitrogen and oxygen atoms in total. The van der Waals surface area contributed by atoms with Gasteiger partial charge in [0.2, 0.25) is 0 Å². The minimum Gasteiger partial charge on any atom is -0.493 e. The highest BCUT2D eigenvalue weighted by molar-refractivity contribution is 5.79. The quantitative estimate of drug-likeness (QED) is 0.884. The molecule has 0 amide bonds. The van der Waals surface area contributed by atoms with E-state index in [0.717, 1.165) is 16.7 Å². The smallest absolute Gasteiger partial charge is 0.121 e. The molecule has 0 radical (unpaired) electrons. The number of pyridine rings is 1. The van der Waals surface area contributed by atoms with Gasteiger partial charge >= 0.3 is 0 Å². The van der Waals surface area contributed by atoms with E-state index in [1.807, 2.05) is 51.1 Å². The second-order valence-corrected chi connectivity index (χ2v) is 5.70. The average molecular weight is 283 g/mol. The van der Waals surface area contributed by atoms with E-state index >= 15 is 0 Å². The molecule has 0 aliphatic heterocycles. The summed E-state index contributed by atoms with van der Waals surface area (Å²) in [5.41, 5.74) is 0.349. The highest BCUT2D eigenvalue weighted by Crippen LogP contribution is 2.19. The number of ether oxygens (including phenoxy) is 1. The number of benzene rings is 1. The maximum absolute atomic E-state index is 9.29. The minimum atomic E-state index is -0.566. The lowest BCUT2D eigenvalue weighted by molar-refractivity contribution is 0.260. The fraction of sp³-hybridized carbons (Fsp3) is 0.412. The zero-order valence-corrected chi connectivity index (χ0v) is 12.8. The Labute approximate surface area is 125 Å². The first-order valence-corrected chi connectivity index (χ1v) is 7.19. The van der Waals surface area contributed by atoms with Crippen LogP contribution in [0.1, 0.15) is 27.2 Å². The fourth-order valence-corrected chi connectivity index (χ4v) is 2.31. The predicted octanol–water partition coefficient (Wildman–Crippen LogP) is 3.28. The predicted molar refractivity (Wildman–Crippen MR) is 84.1 cm³/mol. The van der Waals surface area contributed by atoms with Crippen LogP contribution in [-0.2, 0) is 0 Å². The molecule has 21 heavy (non-hydrogen) atoms. The summed E-state index contributed by atoms with van der Waals surface area (Å²) >= 11 is 0. The molecule has 0 aliphatic carbocycles. The van der Waals surface area contributed by atoms with Crippen molar-refractivity contribution in [3.63, 3.8) is 0 Å². The first-order chi connectivity index (χ1) is 10.0. The molecular weight excluding hydrogens is 262 g/mol. The topological polar surface area (TPSA) is 57.9 Å². The third-order valence-corrected chi connectivity index (χ3v) is 3.30. The van der Waals surface area contributed by atoms with Gasteiger partial charge in [-0.25, -0.2) is 0 Å². The first kappa shape index (κ1) is 15.3. The van der Waals surface area contributed by atoms with Gasteiger partial charge in [0.05, 0.1) is 18.2 Å². The van der Waals surface area contributed by atoms with Crippen LogP contribution < -0.4 is 10.1 Å². The minimum absolute atomic E-state index is 0.263. The molecule has 4 heteroatoms. The SMILES string of the molecule is CC(C)NC(C)(C#N)CCOc1ccc2cccnc2c1. The van der Waals surface area contributed by atoms with Gasteiger partial charge in [0, 0.05) is 30.1 Å². The van der Waals surface area contributed by atoms with Crippen molar-refractivity contribution < 1.29 is 4.74 Å². The van der Waals surface area contributed by atoms with Gasteiger partial charge in [0.25, 0.3) is 0 Å². The van der Waals surface area contributed by atoms with Gasteiger partial charge in [0.15, 0.2) is 0 Å². The van der Waals surface area contributed by atoms with E-state index in [1.165, 1.54) is 0 Å². The highest BCUT2D eigenvalue weighted by atomic mass is 16.5. The van der Waals surface area contributed by atoms with Crippen LogP contribution in [0, 0.1) is 11.3 Å². The maximum atomic E-state index is 9.29. The molecule has 1 aromatic carbocycles. The summed E-state index contributed by atoms with van der Waals surface area (Å²) in [6.07, 6.45) is 2.40. The van der Waals surface area contributed by atoms with Crippen LogP contribution in [0.3, 0.4) is 0 Å². The van der Waals surface area contributed by atoms with Gasteiger partial charge in [-0.2, -0.15) is 5.26 Å². The molecule has 0 aliphatic rings. The second kappa shape index (κ2) is 6.55. The number of hydrogen-bond acceptors (Lipinski definition) is 4. The van der Waals surface area contributed by atoms with E-state index in [9.17, 15) is 5.26 Å². The molecule has 1 N–H and O–H groups in total. The van der Waals surface area contributed by atoms with Gasteiger partial charge in [0.1, 0.15) is 11.3 Å². The molecule has 0 saturated heterocycles. The molecule has 1 atom stereocenters. The van der Waals surface area contributed by atoms with Crippen LogP contribution in [0.5, 0.6) is 5.75 Å². The lowest BCUT2D eigenvalue weighted by Crippen LogP contribution is -2.45. The Balaban J connectivity index is 1.97. The molecule has 0 fully saturated rings. The van der Waals surface area contributed by atoms with E-state index in [1.54, 1.807) is 6.20 Å². The van der Waals surface area contributed by atoms with Crippen molar-refractivity contribution in [1.29, 1.82) is 5.26 Å². The summed E-state index contributed by atoms with van der Waals surface area (Å²) in [5, 5.41) is 13.7. The largest absolute Gasteiger partial charge is 0.493 e. The van der Waals surface area contributed by atoms with Crippen molar-refractivity contribution in [3.8, 4) is 11.8 Å². The number of fused-ring (bicyclic) bond motifs is 1. The summed E-state index contributed by atoms with van der Waals surface area (Å²) in [5.74, 6) is 0.783. The van der Waals surface area contributed by atoms with E-state index < -0.39 is 5.54 Å². The molecule has 1 aromatic heterocycles. The van der Waals surface area contributed by atoms with Crippen LogP contribution in [0.25, 0.3) is 10.9 Å². The van der Waals surface area contributed by atoms with Gasteiger partial charge in [-0.05, 0) is 39.0 Å². The van der Waals surface area contributed by atoms with Crippen LogP contribution in [0.15, 0.2) is 36.5 Å². The number of nitrogens with zero attached hydrogens (tertiary/aromatic N) is 2. The van der Waals surface area contributed by atoms with Crippen molar-refractivity contribution >= 4 is 10.9 Å². The number of nitriles is 1. The number of nitrogens with one attached hydrogen (secondary N) is 1. The Bertz CT molecular complexity index is 648. The maximum Gasteiger partial charge on any atom is 0.121 e. The van der Waals surface area contributed by atoms with Crippen LogP contribution >= 0.6 is 0 Å². The zero-order valence-electron chi connectivity index (χ0n) is 12.8. The molecule has 0 bridgehead atoms. The molecule has 1 heterocycles. The van der Waals surface area contributed by atoms with E-state index in [2.05, 4.69) is 16.4 Å². The van der Waals surface area contributed by atoms with E-state index in [4.69, 9.17) is 4.74 Å². The molecule has 1 unspecified atom stereocenters. The Kier molecular flexibility index (Phi) is 4.77. The second-order valence-electron chi connectivity index (χ2n) is 5.70. The van der Waals surface area contributed by atoms with Crippen molar-refractivity contribution in [1.82, 2.24) is 10.3 Å². The molecular formula is C17H21N3O. The molecule has 110 valence electrons. The average Bonchev–Trinajstić information content (AvgIpc) is 2.46. The third-order valence-electron chi connectivity index (χ3n) is 3.30. The zero-order chi connectivity index (χ0) is 15.3. The van der Waals surface area contributed by atoms with Crippen LogP contribution in [-0.4, -0.2) is 23.2 Å². The van der Waals surface area contributed by atoms with Gasteiger partial charge < -0.3 is 4.74 Å². The Hall–Kier alpha value is -2.12. The summed E-state index contributed by atoms with van der Waals surface area (Å²) in [6.45, 7) is 6.46. The number of aromatic nitrogens is 1. The van der Waals surface area contributed by atoms with Gasteiger partial charge in [-0.15, -0.1) is 0 Å². The first-order valence-electron chi connectivity index (χ1n) is 7.19. The summed E-state index contributed by atoms with van der Waals surface area (Å²) in [7, 11) is 0. The van der Waals surface area contributed by atoms with Crippen molar-refractivity contribution in [2.75, 3.05) is 6.61 Å². The van der Waals surface area contributed by atoms with Crippen LogP contribution in [0.2, 0.25) is 0 Å². The fourth-order valence-electron chi connectivity index (χ4n) is 2.31. The standard InChI is InChI=1S/C17H21N3O/c1-13(2)20-17(3,12-18)8-10-21-15-7-6-14-5-4-9-19-16(14)11-15/h4-7,9,11,13,20H,8,10H2,1-3H3. The molecule has 0 spiro atoms. The summed E-state index contributed by atoms with van der Waals surface area (Å²) < 4.78 is 5.76. The third kappa shape index (κ3) is 4.17. The number of hydrogen-bond donors (Lipinski definition) is 1. The lowest BCUT2D eigenvalue weighted by Gasteiger charge is -2.25. The Morgan fingerprint density at radius 1 is 1.38 bits per heavy atom. The van der Waals surface area contributed by atoms with Crippen molar-refractivity contribution in [3.05, 3.63) is 36.5 Å². The Morgan fingerprint density at radius 3 is 2.90 bits per heavy atom. The molecule has 0 saturated carbocycles. The molecule has 2 aromatic rings. The lowest BCUT2D eigenvalue weighted by atomic mass is 9.99. The Morgan fingerprint density at radius 2 is 2.19 bits per heavy atom. The van der Waals surface area contributed by atoms with Crippen molar-refractivity contribution in [2.24, 2.45) is 0 Å². The summed E-state index contributed by atoms with van der Waals surface area (Å²) in [6, 6.07) is 12.4. The monoisotopic (exact) mass is 283 g/mol. The normalized spacial score (nSPS) is 13.9. The van der Waals surface area contributed by atoms with E-state index in [-0.39, 0.29) is 6.04 Å². The van der Waals surface area contributed by atoms with E-state index in [0.29, 0.717) is 13.0 Å². The number of rotatable bonds is 6. The van der Waals surface area contributed by atoms with Crippen molar-refractivity contribution in [2.45, 2.75) is 38.8 Å². The molecule has 2 rings (SSSR count). The van der Waals surface area contributed by atoms with Crippen LogP contribution in [0.4, 0.5) is 0 Å². The van der Waals surface area contributed by atoms with Gasteiger partial charge in [-0.3, -0.25) is 10.3 Å².